The smallest absolute Gasteiger partial charge is 0.184 e. The molecule has 0 aromatic heterocycles. The number of nitrogens with zero attached hydrogens (tertiary/aromatic N) is 1. The molecule has 228 valence electrons. The average Bonchev–Trinajstić information content (AvgIpc) is 3.23. The summed E-state index contributed by atoms with van der Waals surface area (Å²) in [6.07, 6.45) is 13.6. The summed E-state index contributed by atoms with van der Waals surface area (Å²) in [6, 6.07) is 30.8. The second kappa shape index (κ2) is 12.5. The number of ether oxygens (including phenoxy) is 1. The summed E-state index contributed by atoms with van der Waals surface area (Å²) in [5.41, 5.74) is 8.74. The second-order valence-corrected chi connectivity index (χ2v) is 14.2. The predicted molar refractivity (Wildman–Crippen MR) is 191 cm³/mol. The van der Waals surface area contributed by atoms with E-state index in [2.05, 4.69) is 125 Å². The van der Waals surface area contributed by atoms with Crippen molar-refractivity contribution in [3.63, 3.8) is 0 Å². The van der Waals surface area contributed by atoms with Gasteiger partial charge in [0.2, 0.25) is 0 Å². The van der Waals surface area contributed by atoms with E-state index in [9.17, 15) is 0 Å². The Morgan fingerprint density at radius 3 is 2.42 bits per heavy atom. The van der Waals surface area contributed by atoms with Gasteiger partial charge in [0.15, 0.2) is 5.09 Å². The molecule has 1 heterocycles. The first-order valence-corrected chi connectivity index (χ1v) is 17.6. The van der Waals surface area contributed by atoms with E-state index in [1.165, 1.54) is 65.0 Å². The second-order valence-electron chi connectivity index (χ2n) is 13.1. The molecule has 1 unspecified atom stereocenters. The zero-order valence-corrected chi connectivity index (χ0v) is 27.8. The minimum absolute atomic E-state index is 0.0368. The predicted octanol–water partition coefficient (Wildman–Crippen LogP) is 9.32. The van der Waals surface area contributed by atoms with E-state index in [4.69, 9.17) is 9.73 Å². The van der Waals surface area contributed by atoms with Crippen LogP contribution in [0.3, 0.4) is 0 Å². The molecule has 1 aliphatic heterocycles. The van der Waals surface area contributed by atoms with E-state index < -0.39 is 0 Å². The van der Waals surface area contributed by atoms with Gasteiger partial charge in [-0.2, -0.15) is 0 Å². The maximum absolute atomic E-state index is 6.52. The van der Waals surface area contributed by atoms with Crippen molar-refractivity contribution in [1.82, 2.24) is 0 Å². The van der Waals surface area contributed by atoms with Crippen LogP contribution in [0.1, 0.15) is 87.6 Å². The molecule has 0 amide bonds. The van der Waals surface area contributed by atoms with E-state index in [0.717, 1.165) is 44.5 Å². The van der Waals surface area contributed by atoms with Crippen molar-refractivity contribution in [2.75, 3.05) is 0 Å². The number of rotatable bonds is 8. The van der Waals surface area contributed by atoms with Crippen molar-refractivity contribution in [3.05, 3.63) is 139 Å². The largest absolute Gasteiger partial charge is 0.482 e. The highest BCUT2D eigenvalue weighted by atomic mass is 32.2. The van der Waals surface area contributed by atoms with Crippen LogP contribution in [-0.4, -0.2) is 11.8 Å². The first-order chi connectivity index (χ1) is 22.0. The lowest BCUT2D eigenvalue weighted by Gasteiger charge is -2.36. The molecule has 7 rings (SSSR count). The summed E-state index contributed by atoms with van der Waals surface area (Å²) >= 11 is 1.69. The van der Waals surface area contributed by atoms with Gasteiger partial charge in [-0.25, -0.2) is 4.99 Å². The van der Waals surface area contributed by atoms with Gasteiger partial charge in [0, 0.05) is 21.6 Å². The molecule has 4 aromatic rings. The number of fused-ring (bicyclic) bond motifs is 5. The first kappa shape index (κ1) is 29.9. The quantitative estimate of drug-likeness (QED) is 0.199. The molecule has 0 saturated carbocycles. The Hall–Kier alpha value is -3.82. The van der Waals surface area contributed by atoms with Crippen molar-refractivity contribution in [3.8, 4) is 0 Å². The fourth-order valence-electron chi connectivity index (χ4n) is 7.30. The first-order valence-electron chi connectivity index (χ1n) is 16.8. The molecule has 3 heteroatoms. The molecule has 4 aromatic carbocycles. The summed E-state index contributed by atoms with van der Waals surface area (Å²) in [6.45, 7) is 8.90. The number of hydrogen-bond donors (Lipinski definition) is 0. The molecule has 0 spiro atoms. The third-order valence-corrected chi connectivity index (χ3v) is 10.9. The van der Waals surface area contributed by atoms with E-state index >= 15 is 0 Å². The number of benzene rings is 4. The van der Waals surface area contributed by atoms with Gasteiger partial charge in [-0.15, -0.1) is 0 Å². The lowest BCUT2D eigenvalue weighted by atomic mass is 9.69. The maximum atomic E-state index is 6.52. The molecule has 0 N–H and O–H groups in total. The summed E-state index contributed by atoms with van der Waals surface area (Å²) in [5, 5.41) is 6.32. The molecular weight excluding hydrogens is 567 g/mol. The fourth-order valence-corrected chi connectivity index (χ4v) is 8.43. The SMILES string of the molecule is CCCCC1(CC)CC=c2ccc3c(c2C1)CC=c1cc(C2=C(OC(C)C)Sc4ccccc4C(c4ccccc4)=N2)ccc1=3. The highest BCUT2D eigenvalue weighted by molar-refractivity contribution is 8.03. The third kappa shape index (κ3) is 5.72. The summed E-state index contributed by atoms with van der Waals surface area (Å²) in [7, 11) is 0. The van der Waals surface area contributed by atoms with Gasteiger partial charge < -0.3 is 4.74 Å². The highest BCUT2D eigenvalue weighted by Crippen LogP contribution is 2.42. The molecule has 3 aliphatic rings. The van der Waals surface area contributed by atoms with Crippen molar-refractivity contribution in [2.24, 2.45) is 10.4 Å². The molecule has 0 fully saturated rings. The van der Waals surface area contributed by atoms with Crippen molar-refractivity contribution in [1.29, 1.82) is 0 Å². The molecule has 0 radical (unpaired) electrons. The van der Waals surface area contributed by atoms with Crippen LogP contribution in [0.25, 0.3) is 17.8 Å². The van der Waals surface area contributed by atoms with Crippen LogP contribution >= 0.6 is 11.8 Å². The minimum Gasteiger partial charge on any atom is -0.482 e. The lowest BCUT2D eigenvalue weighted by Crippen LogP contribution is -2.32. The lowest BCUT2D eigenvalue weighted by molar-refractivity contribution is 0.171. The summed E-state index contributed by atoms with van der Waals surface area (Å²) < 4.78 is 6.52. The topological polar surface area (TPSA) is 21.6 Å². The van der Waals surface area contributed by atoms with Crippen LogP contribution in [0.4, 0.5) is 0 Å². The average molecular weight is 610 g/mol. The molecule has 1 atom stereocenters. The number of hydrogen-bond acceptors (Lipinski definition) is 3. The Balaban J connectivity index is 1.39. The monoisotopic (exact) mass is 609 g/mol. The van der Waals surface area contributed by atoms with E-state index in [1.54, 1.807) is 17.3 Å². The number of aliphatic imine (C=N–C) groups is 1. The summed E-state index contributed by atoms with van der Waals surface area (Å²) in [5.74, 6) is 0. The molecule has 45 heavy (non-hydrogen) atoms. The normalized spacial score (nSPS) is 18.5. The minimum atomic E-state index is 0.0368. The molecule has 2 nitrogen and oxygen atoms in total. The van der Waals surface area contributed by atoms with Crippen LogP contribution in [0, 0.1) is 15.9 Å². The van der Waals surface area contributed by atoms with Gasteiger partial charge in [-0.3, -0.25) is 0 Å². The molecular formula is C42H43NOS. The van der Waals surface area contributed by atoms with Gasteiger partial charge in [0.05, 0.1) is 11.8 Å². The van der Waals surface area contributed by atoms with Gasteiger partial charge in [0.1, 0.15) is 5.70 Å². The molecule has 0 saturated heterocycles. The fraction of sp³-hybridized carbons (Fsp3) is 0.310. The Morgan fingerprint density at radius 1 is 0.822 bits per heavy atom. The van der Waals surface area contributed by atoms with E-state index in [1.807, 2.05) is 0 Å². The van der Waals surface area contributed by atoms with Crippen molar-refractivity contribution < 1.29 is 4.74 Å². The Bertz CT molecular complexity index is 2040. The van der Waals surface area contributed by atoms with Gasteiger partial charge in [0.25, 0.3) is 0 Å². The standard InChI is InChI=1S/C42H43NOS/c1-5-7-24-42(6-2)25-23-29-17-21-34-33-20-19-32(26-31(33)18-22-35(34)37(29)27-42)40-41(44-28(3)4)45-38-16-12-11-15-36(38)39(43-40)30-13-9-8-10-14-30/h8-21,23,26,28H,5-7,22,24-25,27H2,1-4H3. The zero-order valence-electron chi connectivity index (χ0n) is 27.0. The zero-order chi connectivity index (χ0) is 31.0. The van der Waals surface area contributed by atoms with Gasteiger partial charge >= 0.3 is 0 Å². The van der Waals surface area contributed by atoms with Crippen molar-refractivity contribution in [2.45, 2.75) is 83.6 Å². The highest BCUT2D eigenvalue weighted by Gasteiger charge is 2.31. The van der Waals surface area contributed by atoms with Crippen LogP contribution in [0.5, 0.6) is 0 Å². The van der Waals surface area contributed by atoms with E-state index in [0.29, 0.717) is 5.41 Å². The van der Waals surface area contributed by atoms with Crippen LogP contribution in [0.15, 0.2) is 99.9 Å². The van der Waals surface area contributed by atoms with Crippen molar-refractivity contribution >= 4 is 35.3 Å². The van der Waals surface area contributed by atoms with Gasteiger partial charge in [-0.05, 0) is 107 Å². The number of thioether (sulfide) groups is 1. The molecule has 0 bridgehead atoms. The Labute approximate surface area is 272 Å². The Morgan fingerprint density at radius 2 is 1.62 bits per heavy atom. The van der Waals surface area contributed by atoms with E-state index in [-0.39, 0.29) is 6.10 Å². The number of unbranched alkanes of at least 4 members (excludes halogenated alkanes) is 1. The van der Waals surface area contributed by atoms with Crippen LogP contribution < -0.4 is 10.4 Å². The molecule has 2 aliphatic carbocycles. The van der Waals surface area contributed by atoms with Crippen LogP contribution in [0.2, 0.25) is 0 Å². The Kier molecular flexibility index (Phi) is 8.31. The maximum Gasteiger partial charge on any atom is 0.184 e. The summed E-state index contributed by atoms with van der Waals surface area (Å²) in [4.78, 5) is 6.59. The third-order valence-electron chi connectivity index (χ3n) is 9.88. The van der Waals surface area contributed by atoms with Gasteiger partial charge in [-0.1, -0.05) is 112 Å². The van der Waals surface area contributed by atoms with Crippen LogP contribution in [-0.2, 0) is 17.6 Å².